The molecule has 0 aliphatic rings. The largest absolute Gasteiger partial charge is 0.400 e. The highest BCUT2D eigenvalue weighted by molar-refractivity contribution is 5.67. The van der Waals surface area contributed by atoms with Gasteiger partial charge in [-0.2, -0.15) is 0 Å². The molecule has 2 aromatic heterocycles. The van der Waals surface area contributed by atoms with Crippen molar-refractivity contribution in [3.05, 3.63) is 47.7 Å². The minimum absolute atomic E-state index is 0.413. The molecule has 0 bridgehead atoms. The van der Waals surface area contributed by atoms with Gasteiger partial charge in [-0.15, -0.1) is 0 Å². The molecule has 2 aromatic rings. The molecule has 0 aliphatic carbocycles. The maximum Gasteiger partial charge on any atom is 0.154 e. The van der Waals surface area contributed by atoms with E-state index in [-0.39, 0.29) is 0 Å². The van der Waals surface area contributed by atoms with Crippen molar-refractivity contribution in [2.75, 3.05) is 19.1 Å². The van der Waals surface area contributed by atoms with Crippen LogP contribution in [0.3, 0.4) is 0 Å². The molecule has 0 spiro atoms. The Morgan fingerprint density at radius 3 is 2.10 bits per heavy atom. The van der Waals surface area contributed by atoms with Gasteiger partial charge >= 0.3 is 0 Å². The van der Waals surface area contributed by atoms with E-state index in [4.69, 9.17) is 20.1 Å². The highest BCUT2D eigenvalue weighted by Gasteiger charge is 2.20. The van der Waals surface area contributed by atoms with Gasteiger partial charge in [0.15, 0.2) is 5.82 Å². The van der Waals surface area contributed by atoms with Crippen LogP contribution in [0.15, 0.2) is 24.9 Å². The lowest BCUT2D eigenvalue weighted by molar-refractivity contribution is 0.399. The summed E-state index contributed by atoms with van der Waals surface area (Å²) in [5, 5.41) is 7.00. The fourth-order valence-corrected chi connectivity index (χ4v) is 3.27. The van der Waals surface area contributed by atoms with Gasteiger partial charge in [-0.3, -0.25) is 9.97 Å². The van der Waals surface area contributed by atoms with Crippen LogP contribution >= 0.6 is 0 Å². The topological polar surface area (TPSA) is 62.1 Å². The van der Waals surface area contributed by atoms with E-state index in [1.807, 2.05) is 11.9 Å². The average molecular weight is 413 g/mol. The van der Waals surface area contributed by atoms with Crippen LogP contribution < -0.4 is 4.90 Å². The predicted octanol–water partition coefficient (Wildman–Crippen LogP) is 5.56. The molecule has 2 heterocycles. The fourth-order valence-electron chi connectivity index (χ4n) is 3.27. The number of aliphatic hydroxyl groups is 1. The molecule has 1 atom stereocenters. The van der Waals surface area contributed by atoms with E-state index in [2.05, 4.69) is 60.3 Å². The molecule has 0 radical (unpaired) electrons. The van der Waals surface area contributed by atoms with Gasteiger partial charge in [-0.25, -0.2) is 4.98 Å². The average Bonchev–Trinajstić information content (AvgIpc) is 2.78. The van der Waals surface area contributed by atoms with E-state index in [1.54, 1.807) is 6.20 Å². The number of aliphatic hydroxyl groups excluding tert-OH is 1. The number of hydrogen-bond donors (Lipinski definition) is 1. The second-order valence-electron chi connectivity index (χ2n) is 7.89. The third-order valence-corrected chi connectivity index (χ3v) is 5.38. The van der Waals surface area contributed by atoms with E-state index in [1.165, 1.54) is 0 Å². The van der Waals surface area contributed by atoms with Gasteiger partial charge in [0.25, 0.3) is 0 Å². The first-order chi connectivity index (χ1) is 14.4. The van der Waals surface area contributed by atoms with Crippen LogP contribution in [0.2, 0.25) is 0 Å². The number of hydrogen-bond acceptors (Lipinski definition) is 5. The molecule has 5 heteroatoms. The molecule has 5 nitrogen and oxygen atoms in total. The SMILES string of the molecule is C=CN(C)c1nc(-c2ccc(C(C)C)nc2CC)c(CC)nc1C[C@H](C)CC.CO. The van der Waals surface area contributed by atoms with Crippen LogP contribution in [0, 0.1) is 5.92 Å². The normalized spacial score (nSPS) is 11.7. The Kier molecular flexibility index (Phi) is 10.7. The summed E-state index contributed by atoms with van der Waals surface area (Å²) >= 11 is 0. The Bertz CT molecular complexity index is 817. The fraction of sp³-hybridized carbons (Fsp3) is 0.560. The molecule has 0 saturated carbocycles. The van der Waals surface area contributed by atoms with Gasteiger partial charge in [-0.1, -0.05) is 54.5 Å². The predicted molar refractivity (Wildman–Crippen MR) is 128 cm³/mol. The van der Waals surface area contributed by atoms with Gasteiger partial charge in [0.2, 0.25) is 0 Å². The number of nitrogens with zero attached hydrogens (tertiary/aromatic N) is 4. The summed E-state index contributed by atoms with van der Waals surface area (Å²) in [4.78, 5) is 17.1. The highest BCUT2D eigenvalue weighted by Crippen LogP contribution is 2.31. The smallest absolute Gasteiger partial charge is 0.154 e. The number of anilines is 1. The number of aromatic nitrogens is 3. The Labute approximate surface area is 183 Å². The maximum absolute atomic E-state index is 7.00. The van der Waals surface area contributed by atoms with Crippen molar-refractivity contribution in [1.82, 2.24) is 15.0 Å². The Balaban J connectivity index is 0.00000218. The number of aryl methyl sites for hydroxylation is 2. The summed E-state index contributed by atoms with van der Waals surface area (Å²) in [6.45, 7) is 17.1. The lowest BCUT2D eigenvalue weighted by Gasteiger charge is -2.22. The van der Waals surface area contributed by atoms with Crippen molar-refractivity contribution < 1.29 is 5.11 Å². The van der Waals surface area contributed by atoms with E-state index in [0.29, 0.717) is 11.8 Å². The van der Waals surface area contributed by atoms with Gasteiger partial charge in [-0.05, 0) is 49.4 Å². The summed E-state index contributed by atoms with van der Waals surface area (Å²) in [6, 6.07) is 4.31. The van der Waals surface area contributed by atoms with Crippen LogP contribution in [0.5, 0.6) is 0 Å². The number of pyridine rings is 1. The van der Waals surface area contributed by atoms with E-state index in [0.717, 1.165) is 72.6 Å². The van der Waals surface area contributed by atoms with Crippen LogP contribution in [-0.4, -0.2) is 34.2 Å². The van der Waals surface area contributed by atoms with Crippen molar-refractivity contribution in [2.24, 2.45) is 5.92 Å². The van der Waals surface area contributed by atoms with Crippen LogP contribution in [0.4, 0.5) is 5.82 Å². The molecular formula is C25H40N4O. The Morgan fingerprint density at radius 1 is 0.967 bits per heavy atom. The number of rotatable bonds is 9. The molecule has 0 saturated heterocycles. The molecule has 1 N–H and O–H groups in total. The second-order valence-corrected chi connectivity index (χ2v) is 7.89. The van der Waals surface area contributed by atoms with E-state index in [9.17, 15) is 0 Å². The maximum atomic E-state index is 7.00. The second kappa shape index (κ2) is 12.4. The summed E-state index contributed by atoms with van der Waals surface area (Å²) in [7, 11) is 2.99. The zero-order valence-corrected chi connectivity index (χ0v) is 20.2. The zero-order valence-electron chi connectivity index (χ0n) is 20.2. The minimum atomic E-state index is 0.413. The monoisotopic (exact) mass is 412 g/mol. The lowest BCUT2D eigenvalue weighted by atomic mass is 9.99. The third-order valence-electron chi connectivity index (χ3n) is 5.38. The van der Waals surface area contributed by atoms with Crippen LogP contribution in [0.25, 0.3) is 11.3 Å². The van der Waals surface area contributed by atoms with E-state index < -0.39 is 0 Å². The van der Waals surface area contributed by atoms with Gasteiger partial charge < -0.3 is 10.0 Å². The quantitative estimate of drug-likeness (QED) is 0.584. The zero-order chi connectivity index (χ0) is 22.8. The van der Waals surface area contributed by atoms with Crippen molar-refractivity contribution in [3.63, 3.8) is 0 Å². The summed E-state index contributed by atoms with van der Waals surface area (Å²) in [5.74, 6) is 1.88. The molecule has 0 fully saturated rings. The van der Waals surface area contributed by atoms with Crippen LogP contribution in [0.1, 0.15) is 76.7 Å². The van der Waals surface area contributed by atoms with Gasteiger partial charge in [0.05, 0.1) is 17.1 Å². The third kappa shape index (κ3) is 6.11. The minimum Gasteiger partial charge on any atom is -0.400 e. The molecule has 0 aromatic carbocycles. The van der Waals surface area contributed by atoms with E-state index >= 15 is 0 Å². The summed E-state index contributed by atoms with van der Waals surface area (Å²) in [6.07, 6.45) is 5.59. The first-order valence-corrected chi connectivity index (χ1v) is 11.1. The molecule has 2 rings (SSSR count). The first-order valence-electron chi connectivity index (χ1n) is 11.1. The lowest BCUT2D eigenvalue weighted by Crippen LogP contribution is -2.17. The van der Waals surface area contributed by atoms with Crippen LogP contribution in [-0.2, 0) is 19.3 Å². The molecular weight excluding hydrogens is 372 g/mol. The van der Waals surface area contributed by atoms with Gasteiger partial charge in [0, 0.05) is 31.1 Å². The molecule has 0 amide bonds. The Hall–Kier alpha value is -2.27. The molecule has 166 valence electrons. The molecule has 30 heavy (non-hydrogen) atoms. The highest BCUT2D eigenvalue weighted by atomic mass is 16.2. The van der Waals surface area contributed by atoms with Crippen molar-refractivity contribution >= 4 is 5.82 Å². The molecule has 0 unspecified atom stereocenters. The van der Waals surface area contributed by atoms with Crippen molar-refractivity contribution in [3.8, 4) is 11.3 Å². The van der Waals surface area contributed by atoms with Crippen molar-refractivity contribution in [1.29, 1.82) is 0 Å². The van der Waals surface area contributed by atoms with Crippen molar-refractivity contribution in [2.45, 2.75) is 73.1 Å². The van der Waals surface area contributed by atoms with Gasteiger partial charge in [0.1, 0.15) is 0 Å². The molecule has 0 aliphatic heterocycles. The first kappa shape index (κ1) is 25.8. The Morgan fingerprint density at radius 2 is 1.60 bits per heavy atom. The summed E-state index contributed by atoms with van der Waals surface area (Å²) in [5.41, 5.74) is 6.39. The standard InChI is InChI=1S/C24H36N4.CH4O/c1-9-17(7)15-22-24(28(8)12-4)27-23(20(11-3)26-22)18-13-14-21(16(5)6)25-19(18)10-2;1-2/h12-14,16-17H,4,9-11,15H2,1-3,5-8H3;2H,1H3/t17-;/m1./s1. The summed E-state index contributed by atoms with van der Waals surface area (Å²) < 4.78 is 0.